The lowest BCUT2D eigenvalue weighted by molar-refractivity contribution is 0.0981. The molecule has 1 amide bonds. The number of aromatic nitrogens is 2. The average Bonchev–Trinajstić information content (AvgIpc) is 3.50. The van der Waals surface area contributed by atoms with Gasteiger partial charge in [-0.1, -0.05) is 85.6 Å². The highest BCUT2D eigenvalue weighted by molar-refractivity contribution is 7.92. The van der Waals surface area contributed by atoms with Crippen molar-refractivity contribution in [2.75, 3.05) is 0 Å². The molecule has 10 heteroatoms. The topological polar surface area (TPSA) is 101 Å². The second-order valence-corrected chi connectivity index (χ2v) is 12.7. The molecule has 0 spiro atoms. The molecule has 5 aromatic rings. The van der Waals surface area contributed by atoms with Crippen LogP contribution in [-0.4, -0.2) is 29.0 Å². The predicted molar refractivity (Wildman–Crippen MR) is 159 cm³/mol. The van der Waals surface area contributed by atoms with Crippen LogP contribution in [0.5, 0.6) is 0 Å². The molecule has 0 bridgehead atoms. The van der Waals surface area contributed by atoms with Crippen molar-refractivity contribution in [2.24, 2.45) is 0 Å². The summed E-state index contributed by atoms with van der Waals surface area (Å²) in [4.78, 5) is 17.2. The molecule has 2 N–H and O–H groups in total. The fraction of sp³-hybridized carbons (Fsp3) is 0.200. The molecule has 7 nitrogen and oxygen atoms in total. The molecular formula is C30H28ClN3O4S2. The van der Waals surface area contributed by atoms with Gasteiger partial charge in [0.25, 0.3) is 15.9 Å². The van der Waals surface area contributed by atoms with Crippen molar-refractivity contribution < 1.29 is 18.3 Å². The van der Waals surface area contributed by atoms with E-state index in [1.165, 1.54) is 0 Å². The zero-order valence-electron chi connectivity index (χ0n) is 21.8. The van der Waals surface area contributed by atoms with Gasteiger partial charge >= 0.3 is 0 Å². The molecule has 0 radical (unpaired) electrons. The zero-order valence-corrected chi connectivity index (χ0v) is 24.2. The van der Waals surface area contributed by atoms with Gasteiger partial charge in [0.1, 0.15) is 10.0 Å². The number of hydrogen-bond donors (Lipinski definition) is 2. The molecule has 2 aromatic heterocycles. The number of aliphatic hydroxyl groups is 1. The minimum atomic E-state index is -4.16. The fourth-order valence-electron chi connectivity index (χ4n) is 4.63. The van der Waals surface area contributed by atoms with Crippen LogP contribution in [0.1, 0.15) is 47.2 Å². The van der Waals surface area contributed by atoms with Crippen LogP contribution in [0.15, 0.2) is 83.1 Å². The number of aryl methyl sites for hydroxylation is 1. The maximum Gasteiger partial charge on any atom is 0.274 e. The molecule has 5 rings (SSSR count). The number of rotatable bonds is 10. The van der Waals surface area contributed by atoms with Gasteiger partial charge in [-0.3, -0.25) is 4.79 Å². The van der Waals surface area contributed by atoms with Crippen LogP contribution < -0.4 is 4.72 Å². The number of hydrogen-bond acceptors (Lipinski definition) is 6. The van der Waals surface area contributed by atoms with E-state index in [0.717, 1.165) is 52.1 Å². The van der Waals surface area contributed by atoms with Crippen molar-refractivity contribution in [2.45, 2.75) is 43.5 Å². The minimum Gasteiger partial charge on any atom is -0.390 e. The lowest BCUT2D eigenvalue weighted by atomic mass is 10.0. The number of halogens is 1. The quantitative estimate of drug-likeness (QED) is 0.195. The Morgan fingerprint density at radius 1 is 1.02 bits per heavy atom. The molecule has 0 aliphatic heterocycles. The number of carbonyl (C=O) groups is 1. The number of benzene rings is 3. The predicted octanol–water partition coefficient (Wildman–Crippen LogP) is 6.42. The first-order valence-electron chi connectivity index (χ1n) is 12.9. The molecule has 206 valence electrons. The Kier molecular flexibility index (Phi) is 8.37. The maximum atomic E-state index is 13.5. The second-order valence-electron chi connectivity index (χ2n) is 9.37. The number of amides is 1. The number of sulfonamides is 1. The summed E-state index contributed by atoms with van der Waals surface area (Å²) in [6.07, 6.45) is 2.73. The number of imidazole rings is 1. The van der Waals surface area contributed by atoms with E-state index < -0.39 is 15.9 Å². The Hall–Kier alpha value is -3.50. The van der Waals surface area contributed by atoms with Gasteiger partial charge in [-0.05, 0) is 35.7 Å². The summed E-state index contributed by atoms with van der Waals surface area (Å²) in [7, 11) is -4.16. The van der Waals surface area contributed by atoms with E-state index >= 15 is 0 Å². The summed E-state index contributed by atoms with van der Waals surface area (Å²) >= 11 is 7.43. The lowest BCUT2D eigenvalue weighted by Gasteiger charge is -2.12. The lowest BCUT2D eigenvalue weighted by Crippen LogP contribution is -2.30. The molecule has 0 aliphatic rings. The normalized spacial score (nSPS) is 11.7. The number of thiophene rings is 1. The van der Waals surface area contributed by atoms with E-state index in [4.69, 9.17) is 11.6 Å². The van der Waals surface area contributed by atoms with E-state index in [2.05, 4.69) is 16.6 Å². The van der Waals surface area contributed by atoms with Gasteiger partial charge in [-0.25, -0.2) is 18.1 Å². The van der Waals surface area contributed by atoms with Gasteiger partial charge in [-0.2, -0.15) is 0 Å². The molecule has 0 fully saturated rings. The summed E-state index contributed by atoms with van der Waals surface area (Å²) in [6.45, 7) is 2.36. The first-order chi connectivity index (χ1) is 19.3. The monoisotopic (exact) mass is 593 g/mol. The first-order valence-corrected chi connectivity index (χ1v) is 15.6. The maximum absolute atomic E-state index is 13.5. The smallest absolute Gasteiger partial charge is 0.274 e. The van der Waals surface area contributed by atoms with E-state index in [9.17, 15) is 18.3 Å². The largest absolute Gasteiger partial charge is 0.390 e. The molecule has 40 heavy (non-hydrogen) atoms. The Morgan fingerprint density at radius 3 is 2.42 bits per heavy atom. The molecule has 0 atom stereocenters. The van der Waals surface area contributed by atoms with E-state index in [-0.39, 0.29) is 16.4 Å². The van der Waals surface area contributed by atoms with Crippen LogP contribution in [0.2, 0.25) is 5.15 Å². The molecule has 0 saturated carbocycles. The summed E-state index contributed by atoms with van der Waals surface area (Å²) < 4.78 is 32.1. The minimum absolute atomic E-state index is 0.0801. The summed E-state index contributed by atoms with van der Waals surface area (Å²) in [5.74, 6) is 0.142. The highest BCUT2D eigenvalue weighted by atomic mass is 35.5. The van der Waals surface area contributed by atoms with Gasteiger partial charge in [0.2, 0.25) is 0 Å². The number of nitrogens with one attached hydrogen (secondary N) is 1. The Bertz CT molecular complexity index is 1760. The second kappa shape index (κ2) is 11.9. The van der Waals surface area contributed by atoms with Crippen molar-refractivity contribution >= 4 is 49.0 Å². The van der Waals surface area contributed by atoms with Crippen LogP contribution in [0.3, 0.4) is 0 Å². The zero-order chi connectivity index (χ0) is 28.3. The average molecular weight is 594 g/mol. The first kappa shape index (κ1) is 28.0. The molecule has 3 aromatic carbocycles. The Morgan fingerprint density at radius 2 is 1.73 bits per heavy atom. The molecular weight excluding hydrogens is 566 g/mol. The van der Waals surface area contributed by atoms with Crippen LogP contribution in [-0.2, 0) is 29.6 Å². The molecule has 0 saturated heterocycles. The van der Waals surface area contributed by atoms with Gasteiger partial charge < -0.3 is 9.67 Å². The van der Waals surface area contributed by atoms with E-state index in [1.807, 2.05) is 53.1 Å². The number of nitrogens with zero attached hydrogens (tertiary/aromatic N) is 2. The SMILES string of the molecule is CCCCc1nc(Cl)c(CO)n1Cc1ccc(-c2c(S(=O)(=O)NC(=O)c3ccccc3)sc3ccccc23)cc1. The third-order valence-corrected chi connectivity index (χ3v) is 9.98. The summed E-state index contributed by atoms with van der Waals surface area (Å²) in [6, 6.07) is 23.4. The third-order valence-electron chi connectivity index (χ3n) is 6.66. The van der Waals surface area contributed by atoms with E-state index in [1.54, 1.807) is 30.3 Å². The fourth-order valence-corrected chi connectivity index (χ4v) is 7.63. The van der Waals surface area contributed by atoms with Crippen molar-refractivity contribution in [3.05, 3.63) is 107 Å². The van der Waals surface area contributed by atoms with E-state index in [0.29, 0.717) is 28.5 Å². The van der Waals surface area contributed by atoms with Crippen LogP contribution in [0.25, 0.3) is 21.2 Å². The standard InChI is InChI=1S/C30H28ClN3O4S2/c1-2-3-13-26-32-28(31)24(19-35)34(26)18-20-14-16-21(17-15-20)27-23-11-7-8-12-25(23)39-30(27)40(37,38)33-29(36)22-9-5-4-6-10-22/h4-12,14-17,35H,2-3,13,18-19H2,1H3,(H,33,36). The van der Waals surface area contributed by atoms with Crippen LogP contribution in [0.4, 0.5) is 0 Å². The highest BCUT2D eigenvalue weighted by Crippen LogP contribution is 2.41. The summed E-state index contributed by atoms with van der Waals surface area (Å²) in [5.41, 5.74) is 3.05. The highest BCUT2D eigenvalue weighted by Gasteiger charge is 2.27. The van der Waals surface area contributed by atoms with Gasteiger partial charge in [-0.15, -0.1) is 11.3 Å². The number of fused-ring (bicyclic) bond motifs is 1. The van der Waals surface area contributed by atoms with Gasteiger partial charge in [0.05, 0.1) is 12.3 Å². The van der Waals surface area contributed by atoms with Gasteiger partial charge in [0, 0.05) is 34.2 Å². The van der Waals surface area contributed by atoms with Crippen LogP contribution >= 0.6 is 22.9 Å². The number of unbranched alkanes of at least 4 members (excludes halogenated alkanes) is 1. The van der Waals surface area contributed by atoms with Crippen molar-refractivity contribution in [3.8, 4) is 11.1 Å². The van der Waals surface area contributed by atoms with Crippen LogP contribution in [0, 0.1) is 0 Å². The molecule has 0 aliphatic carbocycles. The van der Waals surface area contributed by atoms with Crippen molar-refractivity contribution in [3.63, 3.8) is 0 Å². The molecule has 0 unspecified atom stereocenters. The third kappa shape index (κ3) is 5.69. The summed E-state index contributed by atoms with van der Waals surface area (Å²) in [5, 5.41) is 11.0. The molecule has 2 heterocycles. The van der Waals surface area contributed by atoms with Crippen molar-refractivity contribution in [1.82, 2.24) is 14.3 Å². The van der Waals surface area contributed by atoms with Crippen molar-refractivity contribution in [1.29, 1.82) is 0 Å². The Balaban J connectivity index is 1.50. The van der Waals surface area contributed by atoms with Gasteiger partial charge in [0.15, 0.2) is 5.15 Å². The number of aliphatic hydroxyl groups excluding tert-OH is 1. The number of carbonyl (C=O) groups excluding carboxylic acids is 1. The Labute approximate surface area is 242 Å².